The number of hydrogen-bond acceptors (Lipinski definition) is 16. The van der Waals surface area contributed by atoms with Crippen molar-refractivity contribution in [1.29, 1.82) is 0 Å². The van der Waals surface area contributed by atoms with Gasteiger partial charge >= 0.3 is 5.97 Å². The Labute approximate surface area is 584 Å². The van der Waals surface area contributed by atoms with Gasteiger partial charge in [0.25, 0.3) is 0 Å². The lowest BCUT2D eigenvalue weighted by molar-refractivity contribution is -0.163. The Morgan fingerprint density at radius 1 is 0.592 bits per heavy atom. The number of esters is 1. The second kappa shape index (κ2) is 43.5. The van der Waals surface area contributed by atoms with Crippen molar-refractivity contribution in [3.8, 4) is 0 Å². The molecule has 1 aliphatic rings. The van der Waals surface area contributed by atoms with Gasteiger partial charge in [0.1, 0.15) is 61.0 Å². The molecule has 0 bridgehead atoms. The van der Waals surface area contributed by atoms with Gasteiger partial charge in [-0.3, -0.25) is 62.4 Å². The SMILES string of the molecule is CCC(C)C1NC(=O)CCNC(=O)C(C(C)CC)N(C)CC(CC(C)C)NC(=O)CCNC(=O)C(NC(=O)C(CC(C)C)N(C)C(=O)C(NC(=O)COC)C(C)C)C(C)OC(=O)C(C(C)CC)N(C)C(=O)C(CC(C)C)NC(=O)CCNC(=O)C(C)N(C)C(=O)C(C(C)C)N(C)C1=O. The van der Waals surface area contributed by atoms with Crippen LogP contribution in [0.1, 0.15) is 182 Å². The van der Waals surface area contributed by atoms with Crippen LogP contribution in [0.2, 0.25) is 0 Å². The summed E-state index contributed by atoms with van der Waals surface area (Å²) in [5, 5.41) is 22.5. The van der Waals surface area contributed by atoms with Crippen LogP contribution in [0, 0.1) is 47.3 Å². The molecule has 0 aromatic carbocycles. The highest BCUT2D eigenvalue weighted by molar-refractivity contribution is 5.97. The number of methoxy groups -OCH3 is 1. The third-order valence-corrected chi connectivity index (χ3v) is 18.5. The van der Waals surface area contributed by atoms with E-state index in [9.17, 15) is 62.3 Å². The minimum Gasteiger partial charge on any atom is -0.458 e. The minimum absolute atomic E-state index is 0.0757. The molecule has 0 radical (unpaired) electrons. The van der Waals surface area contributed by atoms with Gasteiger partial charge in [0, 0.05) is 86.8 Å². The largest absolute Gasteiger partial charge is 0.458 e. The van der Waals surface area contributed by atoms with Crippen LogP contribution >= 0.6 is 0 Å². The Balaban J connectivity index is 4.13. The van der Waals surface area contributed by atoms with Crippen molar-refractivity contribution in [2.45, 2.75) is 249 Å². The zero-order valence-electron chi connectivity index (χ0n) is 63.7. The summed E-state index contributed by atoms with van der Waals surface area (Å²) in [7, 11) is 8.83. The molecule has 98 heavy (non-hydrogen) atoms. The minimum atomic E-state index is -1.67. The second-order valence-electron chi connectivity index (χ2n) is 29.0. The zero-order valence-corrected chi connectivity index (χ0v) is 63.7. The molecule has 0 spiro atoms. The van der Waals surface area contributed by atoms with Crippen LogP contribution in [0.3, 0.4) is 0 Å². The molecule has 0 aromatic rings. The average Bonchev–Trinajstić information content (AvgIpc) is 0.830. The van der Waals surface area contributed by atoms with Gasteiger partial charge in [-0.2, -0.15) is 0 Å². The zero-order chi connectivity index (χ0) is 75.3. The van der Waals surface area contributed by atoms with Crippen LogP contribution in [0.5, 0.6) is 0 Å². The molecule has 12 amide bonds. The van der Waals surface area contributed by atoms with Crippen molar-refractivity contribution in [3.63, 3.8) is 0 Å². The maximum Gasteiger partial charge on any atom is 0.329 e. The van der Waals surface area contributed by atoms with E-state index in [2.05, 4.69) is 42.5 Å². The van der Waals surface area contributed by atoms with E-state index in [4.69, 9.17) is 9.47 Å². The molecule has 0 aromatic heterocycles. The Kier molecular flexibility index (Phi) is 39.6. The Morgan fingerprint density at radius 2 is 1.08 bits per heavy atom. The molecule has 0 aliphatic carbocycles. The van der Waals surface area contributed by atoms with E-state index in [1.54, 1.807) is 55.5 Å². The molecule has 1 saturated heterocycles. The van der Waals surface area contributed by atoms with Gasteiger partial charge in [0.05, 0.1) is 6.04 Å². The molecular formula is C70H127N13O15. The number of ether oxygens (including phenoxy) is 2. The topological polar surface area (TPSA) is 353 Å². The fraction of sp³-hybridized carbons (Fsp3) is 0.814. The maximum atomic E-state index is 14.8. The molecule has 1 aliphatic heterocycles. The van der Waals surface area contributed by atoms with Crippen molar-refractivity contribution < 1.29 is 71.8 Å². The van der Waals surface area contributed by atoms with Crippen LogP contribution in [0.25, 0.3) is 0 Å². The van der Waals surface area contributed by atoms with Gasteiger partial charge < -0.3 is 71.6 Å². The van der Waals surface area contributed by atoms with Gasteiger partial charge in [-0.25, -0.2) is 4.79 Å². The summed E-state index contributed by atoms with van der Waals surface area (Å²) in [5.74, 6) is -10.4. The summed E-state index contributed by atoms with van der Waals surface area (Å²) < 4.78 is 11.1. The van der Waals surface area contributed by atoms with Crippen molar-refractivity contribution >= 4 is 76.9 Å². The molecule has 14 atom stereocenters. The number of hydrogen-bond donors (Lipinski definition) is 8. The first-order chi connectivity index (χ1) is 45.6. The smallest absolute Gasteiger partial charge is 0.329 e. The normalized spacial score (nSPS) is 25.1. The number of carbonyl (C=O) groups is 13. The number of amides is 12. The Bertz CT molecular complexity index is 2640. The maximum absolute atomic E-state index is 14.8. The highest BCUT2D eigenvalue weighted by Crippen LogP contribution is 2.24. The van der Waals surface area contributed by atoms with Crippen molar-refractivity contribution in [1.82, 2.24) is 67.0 Å². The van der Waals surface area contributed by atoms with E-state index in [0.717, 1.165) is 0 Å². The van der Waals surface area contributed by atoms with Crippen LogP contribution in [0.15, 0.2) is 0 Å². The average molecular weight is 1390 g/mol. The molecular weight excluding hydrogens is 1260 g/mol. The molecule has 8 N–H and O–H groups in total. The summed E-state index contributed by atoms with van der Waals surface area (Å²) in [6.45, 7) is 31.6. The highest BCUT2D eigenvalue weighted by atomic mass is 16.5. The summed E-state index contributed by atoms with van der Waals surface area (Å²) in [4.78, 5) is 191. The molecule has 28 heteroatoms. The summed E-state index contributed by atoms with van der Waals surface area (Å²) in [6.07, 6.45) is -0.0508. The third-order valence-electron chi connectivity index (χ3n) is 18.5. The van der Waals surface area contributed by atoms with E-state index < -0.39 is 155 Å². The van der Waals surface area contributed by atoms with Crippen LogP contribution in [-0.4, -0.2) is 243 Å². The van der Waals surface area contributed by atoms with Gasteiger partial charge in [-0.05, 0) is 87.5 Å². The first-order valence-corrected chi connectivity index (χ1v) is 35.4. The molecule has 28 nitrogen and oxygen atoms in total. The van der Waals surface area contributed by atoms with Crippen LogP contribution in [0.4, 0.5) is 0 Å². The Hall–Kier alpha value is -6.97. The van der Waals surface area contributed by atoms with E-state index in [1.807, 2.05) is 67.2 Å². The van der Waals surface area contributed by atoms with Crippen molar-refractivity contribution in [2.24, 2.45) is 47.3 Å². The number of likely N-dealkylation sites (N-methyl/N-ethyl adjacent to an activating group) is 5. The summed E-state index contributed by atoms with van der Waals surface area (Å²) >= 11 is 0. The lowest BCUT2D eigenvalue weighted by Gasteiger charge is -2.37. The van der Waals surface area contributed by atoms with E-state index in [-0.39, 0.29) is 100 Å². The number of cyclic esters (lactones) is 1. The lowest BCUT2D eigenvalue weighted by atomic mass is 9.94. The fourth-order valence-electron chi connectivity index (χ4n) is 12.1. The summed E-state index contributed by atoms with van der Waals surface area (Å²) in [5.41, 5.74) is 0. The van der Waals surface area contributed by atoms with E-state index >= 15 is 0 Å². The Morgan fingerprint density at radius 3 is 1.57 bits per heavy atom. The molecule has 1 fully saturated rings. The third kappa shape index (κ3) is 28.3. The fourth-order valence-corrected chi connectivity index (χ4v) is 12.1. The molecule has 14 unspecified atom stereocenters. The van der Waals surface area contributed by atoms with E-state index in [0.29, 0.717) is 25.7 Å². The first kappa shape index (κ1) is 89.0. The van der Waals surface area contributed by atoms with Crippen molar-refractivity contribution in [2.75, 3.05) is 75.1 Å². The molecule has 0 saturated carbocycles. The number of nitrogens with one attached hydrogen (secondary N) is 8. The van der Waals surface area contributed by atoms with Gasteiger partial charge in [-0.1, -0.05) is 130 Å². The summed E-state index contributed by atoms with van der Waals surface area (Å²) in [6, 6.07) is -10.9. The second-order valence-corrected chi connectivity index (χ2v) is 29.0. The van der Waals surface area contributed by atoms with Gasteiger partial charge in [0.2, 0.25) is 70.9 Å². The molecule has 562 valence electrons. The quantitative estimate of drug-likeness (QED) is 0.0766. The number of rotatable bonds is 21. The molecule has 1 heterocycles. The van der Waals surface area contributed by atoms with Gasteiger partial charge in [0.15, 0.2) is 0 Å². The van der Waals surface area contributed by atoms with Crippen LogP contribution < -0.4 is 42.5 Å². The van der Waals surface area contributed by atoms with E-state index in [1.165, 1.54) is 68.7 Å². The highest BCUT2D eigenvalue weighted by Gasteiger charge is 2.43. The predicted molar refractivity (Wildman–Crippen MR) is 375 cm³/mol. The number of nitrogens with zero attached hydrogens (tertiary/aromatic N) is 5. The van der Waals surface area contributed by atoms with Crippen LogP contribution in [-0.2, 0) is 71.8 Å². The predicted octanol–water partition coefficient (Wildman–Crippen LogP) is 2.74. The molecule has 1 rings (SSSR count). The van der Waals surface area contributed by atoms with Gasteiger partial charge in [-0.15, -0.1) is 0 Å². The first-order valence-electron chi connectivity index (χ1n) is 35.4. The van der Waals surface area contributed by atoms with Crippen molar-refractivity contribution in [3.05, 3.63) is 0 Å². The standard InChI is InChI=1S/C70H127N13O15/c1-25-44(14)57-68(94)82(22)59(43(12)13)69(95)80(20)47(17)62(88)71-31-29-53(85)75-50(35-40(6)7)66(92)83(23)61(46(16)27-3)70(96)98-48(18)58(78-63(89)51(36-41(8)9)81(21)67(93)56(42(10)11)77-55(87)38-97-24)64(90)72-32-28-52(84)74-49(34-39(4)5)37-79(19)60(45(15)26-2)65(91)73-33-30-54(86)76-57/h39-51,56-61H,25-38H2,1-24H3,(H,71,88)(H,72,90)(H,73,91)(H,74,84)(H,75,85)(H,76,86)(H,77,87)(H,78,89). The lowest BCUT2D eigenvalue weighted by Crippen LogP contribution is -2.61. The number of carbonyl (C=O) groups excluding carboxylic acids is 13. The monoisotopic (exact) mass is 1390 g/mol.